The van der Waals surface area contributed by atoms with E-state index in [4.69, 9.17) is 15.7 Å². The highest BCUT2D eigenvalue weighted by atomic mass is 16.4. The quantitative estimate of drug-likeness (QED) is 0.112. The molecule has 0 aliphatic rings. The molecule has 29 heavy (non-hydrogen) atoms. The van der Waals surface area contributed by atoms with Gasteiger partial charge in [0.05, 0.1) is 0 Å². The van der Waals surface area contributed by atoms with Crippen molar-refractivity contribution in [3.8, 4) is 0 Å². The van der Waals surface area contributed by atoms with E-state index in [2.05, 4.69) is 20.7 Å². The third-order valence-corrected chi connectivity index (χ3v) is 3.82. The summed E-state index contributed by atoms with van der Waals surface area (Å²) < 4.78 is 0. The fourth-order valence-corrected chi connectivity index (χ4v) is 2.24. The van der Waals surface area contributed by atoms with Gasteiger partial charge in [0, 0.05) is 24.9 Å². The van der Waals surface area contributed by atoms with E-state index in [0.29, 0.717) is 12.8 Å². The molecule has 0 aromatic carbocycles. The maximum atomic E-state index is 12.2. The predicted octanol–water partition coefficient (Wildman–Crippen LogP) is -0.00420. The number of likely N-dealkylation sites (N-methyl/N-ethyl adjacent to an activating group) is 1. The molecule has 0 spiro atoms. The van der Waals surface area contributed by atoms with Gasteiger partial charge in [-0.2, -0.15) is 0 Å². The number of carboxylic acid groups (broad SMARTS) is 3. The highest BCUT2D eigenvalue weighted by Crippen LogP contribution is 2.09. The summed E-state index contributed by atoms with van der Waals surface area (Å²) in [6, 6.07) is -3.68. The normalized spacial score (nSPS) is 12.0. The van der Waals surface area contributed by atoms with Crippen molar-refractivity contribution in [1.29, 1.82) is 0 Å². The minimum Gasteiger partial charge on any atom is -0.481 e. The molecule has 0 fully saturated rings. The molecule has 0 heterocycles. The summed E-state index contributed by atoms with van der Waals surface area (Å²) >= 11 is 0. The van der Waals surface area contributed by atoms with Crippen LogP contribution in [-0.2, 0) is 19.2 Å². The van der Waals surface area contributed by atoms with Crippen molar-refractivity contribution in [3.05, 3.63) is 10.4 Å². The van der Waals surface area contributed by atoms with Crippen molar-refractivity contribution in [2.24, 2.45) is 5.11 Å². The van der Waals surface area contributed by atoms with Crippen molar-refractivity contribution >= 4 is 29.8 Å². The topological polar surface area (TPSA) is 222 Å². The van der Waals surface area contributed by atoms with Gasteiger partial charge in [0.15, 0.2) is 0 Å². The molecule has 0 bridgehead atoms. The Bertz CT molecular complexity index is 663. The number of unbranched alkanes of at least 4 members (excludes halogenated alkanes) is 1. The van der Waals surface area contributed by atoms with Crippen molar-refractivity contribution in [1.82, 2.24) is 15.5 Å². The Morgan fingerprint density at radius 1 is 1.07 bits per heavy atom. The molecule has 0 rings (SSSR count). The van der Waals surface area contributed by atoms with Crippen LogP contribution in [0, 0.1) is 0 Å². The number of carbonyl (C=O) groups is 5. The molecule has 14 heteroatoms. The maximum absolute atomic E-state index is 12.2. The average Bonchev–Trinajstić information content (AvgIpc) is 2.64. The number of nitrogens with one attached hydrogen (secondary N) is 2. The largest absolute Gasteiger partial charge is 0.481 e. The van der Waals surface area contributed by atoms with E-state index in [1.54, 1.807) is 0 Å². The number of hydrogen-bond acceptors (Lipinski definition) is 6. The van der Waals surface area contributed by atoms with Gasteiger partial charge in [0.2, 0.25) is 5.91 Å². The Morgan fingerprint density at radius 3 is 2.24 bits per heavy atom. The van der Waals surface area contributed by atoms with Crippen LogP contribution in [0.1, 0.15) is 32.1 Å². The first-order chi connectivity index (χ1) is 13.6. The van der Waals surface area contributed by atoms with Gasteiger partial charge in [-0.15, -0.1) is 0 Å². The molecule has 0 aromatic heterocycles. The number of amides is 3. The van der Waals surface area contributed by atoms with Gasteiger partial charge < -0.3 is 30.9 Å². The summed E-state index contributed by atoms with van der Waals surface area (Å²) in [4.78, 5) is 59.8. The van der Waals surface area contributed by atoms with Crippen LogP contribution >= 0.6 is 0 Å². The number of urea groups is 1. The van der Waals surface area contributed by atoms with Gasteiger partial charge in [-0.25, -0.2) is 14.4 Å². The third-order valence-electron chi connectivity index (χ3n) is 3.82. The summed E-state index contributed by atoms with van der Waals surface area (Å²) in [5.74, 6) is -4.44. The van der Waals surface area contributed by atoms with Gasteiger partial charge in [-0.05, 0) is 31.2 Å². The van der Waals surface area contributed by atoms with Crippen LogP contribution in [0.5, 0.6) is 0 Å². The third kappa shape index (κ3) is 11.0. The van der Waals surface area contributed by atoms with Crippen molar-refractivity contribution < 1.29 is 39.3 Å². The molecule has 0 aliphatic carbocycles. The molecule has 0 aliphatic heterocycles. The summed E-state index contributed by atoms with van der Waals surface area (Å²) in [6.07, 6.45) is -0.0556. The summed E-state index contributed by atoms with van der Waals surface area (Å²) in [5, 5.41) is 34.7. The van der Waals surface area contributed by atoms with Crippen molar-refractivity contribution in [3.63, 3.8) is 0 Å². The van der Waals surface area contributed by atoms with Crippen molar-refractivity contribution in [2.75, 3.05) is 20.1 Å². The Labute approximate surface area is 165 Å². The van der Waals surface area contributed by atoms with E-state index in [1.807, 2.05) is 0 Å². The van der Waals surface area contributed by atoms with Crippen LogP contribution in [0.3, 0.4) is 0 Å². The van der Waals surface area contributed by atoms with Gasteiger partial charge in [-0.1, -0.05) is 5.11 Å². The first kappa shape index (κ1) is 25.5. The zero-order valence-corrected chi connectivity index (χ0v) is 15.8. The van der Waals surface area contributed by atoms with E-state index < -0.39 is 48.4 Å². The smallest absolute Gasteiger partial charge is 0.326 e. The summed E-state index contributed by atoms with van der Waals surface area (Å²) in [6.45, 7) is -0.123. The lowest BCUT2D eigenvalue weighted by Gasteiger charge is -2.26. The predicted molar refractivity (Wildman–Crippen MR) is 96.9 cm³/mol. The second kappa shape index (κ2) is 13.6. The van der Waals surface area contributed by atoms with Crippen LogP contribution in [0.2, 0.25) is 0 Å². The minimum absolute atomic E-state index is 0.0400. The molecule has 14 nitrogen and oxygen atoms in total. The zero-order valence-electron chi connectivity index (χ0n) is 15.8. The lowest BCUT2D eigenvalue weighted by Crippen LogP contribution is -2.52. The molecule has 162 valence electrons. The van der Waals surface area contributed by atoms with Gasteiger partial charge >= 0.3 is 23.9 Å². The second-order valence-corrected chi connectivity index (χ2v) is 5.97. The first-order valence-electron chi connectivity index (χ1n) is 8.58. The number of rotatable bonds is 14. The molecule has 5 N–H and O–H groups in total. The van der Waals surface area contributed by atoms with E-state index in [1.165, 1.54) is 7.05 Å². The van der Waals surface area contributed by atoms with Crippen LogP contribution < -0.4 is 10.6 Å². The number of carboxylic acids is 3. The fourth-order valence-electron chi connectivity index (χ4n) is 2.24. The Hall–Kier alpha value is -3.54. The average molecular weight is 416 g/mol. The summed E-state index contributed by atoms with van der Waals surface area (Å²) in [7, 11) is 1.19. The van der Waals surface area contributed by atoms with Crippen LogP contribution in [0.25, 0.3) is 10.4 Å². The van der Waals surface area contributed by atoms with Gasteiger partial charge in [0.1, 0.15) is 18.6 Å². The fraction of sp³-hybridized carbons (Fsp3) is 0.667. The molecular formula is C15H24N6O8. The molecule has 0 radical (unpaired) electrons. The van der Waals surface area contributed by atoms with Crippen LogP contribution in [0.15, 0.2) is 5.11 Å². The monoisotopic (exact) mass is 416 g/mol. The maximum Gasteiger partial charge on any atom is 0.326 e. The molecule has 2 atom stereocenters. The Kier molecular flexibility index (Phi) is 11.9. The van der Waals surface area contributed by atoms with E-state index in [-0.39, 0.29) is 25.9 Å². The summed E-state index contributed by atoms with van der Waals surface area (Å²) in [5.41, 5.74) is 8.10. The lowest BCUT2D eigenvalue weighted by molar-refractivity contribution is -0.142. The first-order valence-corrected chi connectivity index (χ1v) is 8.58. The van der Waals surface area contributed by atoms with Crippen LogP contribution in [0.4, 0.5) is 4.79 Å². The molecule has 0 saturated carbocycles. The molecule has 0 aromatic rings. The van der Waals surface area contributed by atoms with E-state index in [0.717, 1.165) is 4.90 Å². The lowest BCUT2D eigenvalue weighted by atomic mass is 10.1. The molecule has 0 saturated heterocycles. The van der Waals surface area contributed by atoms with Crippen LogP contribution in [-0.4, -0.2) is 82.3 Å². The number of azide groups is 1. The van der Waals surface area contributed by atoms with Gasteiger partial charge in [-0.3, -0.25) is 9.59 Å². The van der Waals surface area contributed by atoms with Gasteiger partial charge in [0.25, 0.3) is 0 Å². The standard InChI is InChI=1S/C15H24N6O8/c1-21(15(29)19-9(13(25)26)5-6-12(23)24)10(14(27)28)4-2-3-7-17-11(22)8-18-20-16/h9-10H,2-8H2,1H3,(H,17,22)(H,19,29)(H,23,24)(H,25,26)(H,27,28). The minimum atomic E-state index is -1.47. The van der Waals surface area contributed by atoms with Crippen molar-refractivity contribution in [2.45, 2.75) is 44.2 Å². The Morgan fingerprint density at radius 2 is 1.72 bits per heavy atom. The second-order valence-electron chi connectivity index (χ2n) is 5.97. The highest BCUT2D eigenvalue weighted by Gasteiger charge is 2.29. The molecule has 2 unspecified atom stereocenters. The van der Waals surface area contributed by atoms with E-state index >= 15 is 0 Å². The zero-order chi connectivity index (χ0) is 22.4. The number of carbonyl (C=O) groups excluding carboxylic acids is 2. The number of nitrogens with zero attached hydrogens (tertiary/aromatic N) is 4. The number of aliphatic carboxylic acids is 3. The molecule has 3 amide bonds. The SMILES string of the molecule is CN(C(=O)NC(CCC(=O)O)C(=O)O)C(CCCCNC(=O)CN=[N+]=[N-])C(=O)O. The van der Waals surface area contributed by atoms with E-state index in [9.17, 15) is 29.1 Å². The molecular weight excluding hydrogens is 392 g/mol. The highest BCUT2D eigenvalue weighted by molar-refractivity contribution is 5.86. The Balaban J connectivity index is 4.61. The number of hydrogen-bond donors (Lipinski definition) is 5.